The zero-order chi connectivity index (χ0) is 14.2. The topological polar surface area (TPSA) is 74.0 Å². The predicted octanol–water partition coefficient (Wildman–Crippen LogP) is 0.405. The molecule has 7 heteroatoms. The van der Waals surface area contributed by atoms with Crippen molar-refractivity contribution in [3.63, 3.8) is 0 Å². The number of likely N-dealkylation sites (N-methyl/N-ethyl adjacent to an activating group) is 1. The van der Waals surface area contributed by atoms with Gasteiger partial charge in [0.25, 0.3) is 0 Å². The van der Waals surface area contributed by atoms with Crippen LogP contribution < -0.4 is 0 Å². The maximum atomic E-state index is 12.5. The number of hydrogen-bond acceptors (Lipinski definition) is 5. The maximum absolute atomic E-state index is 12.5. The van der Waals surface area contributed by atoms with Crippen molar-refractivity contribution in [1.29, 1.82) is 0 Å². The lowest BCUT2D eigenvalue weighted by molar-refractivity contribution is 0.244. The molecule has 1 N–H and O–H groups in total. The summed E-state index contributed by atoms with van der Waals surface area (Å²) in [5, 5.41) is 9.01. The van der Waals surface area contributed by atoms with Crippen LogP contribution >= 0.6 is 0 Å². The van der Waals surface area contributed by atoms with Gasteiger partial charge in [-0.3, -0.25) is 0 Å². The average molecular weight is 288 g/mol. The fraction of sp³-hybridized carbons (Fsp3) is 0.667. The molecule has 0 spiro atoms. The van der Waals surface area contributed by atoms with Crippen LogP contribution in [0.25, 0.3) is 0 Å². The number of aliphatic hydroxyl groups is 1. The van der Waals surface area contributed by atoms with Gasteiger partial charge < -0.3 is 14.4 Å². The molecule has 1 atom stereocenters. The molecule has 0 aliphatic carbocycles. The van der Waals surface area contributed by atoms with Crippen LogP contribution in [-0.2, 0) is 16.6 Å². The maximum Gasteiger partial charge on any atom is 0.246 e. The third-order valence-corrected chi connectivity index (χ3v) is 5.53. The van der Waals surface area contributed by atoms with Gasteiger partial charge in [-0.2, -0.15) is 4.31 Å². The number of sulfonamides is 1. The summed E-state index contributed by atoms with van der Waals surface area (Å²) >= 11 is 0. The SMILES string of the molecule is Cc1oc(CO)cc1S(=O)(=O)N1CCC(N(C)C)C1. The monoisotopic (exact) mass is 288 g/mol. The third-order valence-electron chi connectivity index (χ3n) is 3.55. The van der Waals surface area contributed by atoms with Crippen LogP contribution in [0.3, 0.4) is 0 Å². The summed E-state index contributed by atoms with van der Waals surface area (Å²) in [5.74, 6) is 0.608. The van der Waals surface area contributed by atoms with Crippen molar-refractivity contribution in [1.82, 2.24) is 9.21 Å². The second kappa shape index (κ2) is 5.24. The van der Waals surface area contributed by atoms with E-state index < -0.39 is 10.0 Å². The summed E-state index contributed by atoms with van der Waals surface area (Å²) in [5.41, 5.74) is 0. The number of furan rings is 1. The summed E-state index contributed by atoms with van der Waals surface area (Å²) in [6.07, 6.45) is 0.829. The van der Waals surface area contributed by atoms with Crippen molar-refractivity contribution >= 4 is 10.0 Å². The lowest BCUT2D eigenvalue weighted by Crippen LogP contribution is -2.34. The number of aryl methyl sites for hydroxylation is 1. The minimum atomic E-state index is -3.52. The van der Waals surface area contributed by atoms with Crippen molar-refractivity contribution < 1.29 is 17.9 Å². The summed E-state index contributed by atoms with van der Waals surface area (Å²) in [6, 6.07) is 1.66. The lowest BCUT2D eigenvalue weighted by atomic mass is 10.2. The molecule has 108 valence electrons. The molecule has 1 aliphatic rings. The molecule has 19 heavy (non-hydrogen) atoms. The molecule has 0 aromatic carbocycles. The van der Waals surface area contributed by atoms with Gasteiger partial charge in [-0.25, -0.2) is 8.42 Å². The van der Waals surface area contributed by atoms with Crippen LogP contribution in [0.4, 0.5) is 0 Å². The van der Waals surface area contributed by atoms with Gasteiger partial charge in [-0.1, -0.05) is 0 Å². The fourth-order valence-corrected chi connectivity index (χ4v) is 4.03. The minimum Gasteiger partial charge on any atom is -0.462 e. The molecule has 2 rings (SSSR count). The van der Waals surface area contributed by atoms with Crippen LogP contribution in [0, 0.1) is 6.92 Å². The number of aliphatic hydroxyl groups excluding tert-OH is 1. The predicted molar refractivity (Wildman–Crippen MR) is 70.2 cm³/mol. The van der Waals surface area contributed by atoms with E-state index in [1.165, 1.54) is 10.4 Å². The van der Waals surface area contributed by atoms with Gasteiger partial charge >= 0.3 is 0 Å². The Balaban J connectivity index is 2.26. The van der Waals surface area contributed by atoms with Gasteiger partial charge in [0.2, 0.25) is 10.0 Å². The first-order valence-electron chi connectivity index (χ1n) is 6.23. The van der Waals surface area contributed by atoms with Gasteiger partial charge in [0.05, 0.1) is 0 Å². The van der Waals surface area contributed by atoms with E-state index >= 15 is 0 Å². The average Bonchev–Trinajstić information content (AvgIpc) is 2.95. The molecule has 0 amide bonds. The first kappa shape index (κ1) is 14.5. The molecule has 2 heterocycles. The van der Waals surface area contributed by atoms with Crippen LogP contribution in [0.2, 0.25) is 0 Å². The van der Waals surface area contributed by atoms with E-state index in [9.17, 15) is 8.42 Å². The highest BCUT2D eigenvalue weighted by atomic mass is 32.2. The van der Waals surface area contributed by atoms with Crippen LogP contribution in [0.5, 0.6) is 0 Å². The first-order valence-corrected chi connectivity index (χ1v) is 7.67. The van der Waals surface area contributed by atoms with Crippen LogP contribution in [0.15, 0.2) is 15.4 Å². The smallest absolute Gasteiger partial charge is 0.246 e. The highest BCUT2D eigenvalue weighted by Crippen LogP contribution is 2.27. The Bertz CT molecular complexity index is 550. The zero-order valence-electron chi connectivity index (χ0n) is 11.5. The van der Waals surface area contributed by atoms with E-state index in [1.54, 1.807) is 6.92 Å². The van der Waals surface area contributed by atoms with Gasteiger partial charge in [0, 0.05) is 25.2 Å². The first-order chi connectivity index (χ1) is 8.86. The molecule has 6 nitrogen and oxygen atoms in total. The Kier molecular flexibility index (Phi) is 4.00. The Labute approximate surface area is 113 Å². The molecule has 1 saturated heterocycles. The van der Waals surface area contributed by atoms with E-state index in [-0.39, 0.29) is 23.3 Å². The number of rotatable bonds is 4. The Morgan fingerprint density at radius 1 is 1.53 bits per heavy atom. The largest absolute Gasteiger partial charge is 0.462 e. The fourth-order valence-electron chi connectivity index (χ4n) is 2.35. The molecular weight excluding hydrogens is 268 g/mol. The zero-order valence-corrected chi connectivity index (χ0v) is 12.3. The van der Waals surface area contributed by atoms with E-state index in [0.717, 1.165) is 6.42 Å². The molecule has 1 aromatic rings. The normalized spacial score (nSPS) is 21.4. The molecule has 0 saturated carbocycles. The highest BCUT2D eigenvalue weighted by Gasteiger charge is 2.35. The van der Waals surface area contributed by atoms with Crippen molar-refractivity contribution in [2.75, 3.05) is 27.2 Å². The van der Waals surface area contributed by atoms with Crippen molar-refractivity contribution in [3.8, 4) is 0 Å². The van der Waals surface area contributed by atoms with E-state index in [0.29, 0.717) is 18.8 Å². The highest BCUT2D eigenvalue weighted by molar-refractivity contribution is 7.89. The van der Waals surface area contributed by atoms with E-state index in [2.05, 4.69) is 0 Å². The Morgan fingerprint density at radius 3 is 2.68 bits per heavy atom. The molecule has 1 aliphatic heterocycles. The molecule has 1 fully saturated rings. The Morgan fingerprint density at radius 2 is 2.21 bits per heavy atom. The van der Waals surface area contributed by atoms with Crippen molar-refractivity contribution in [2.24, 2.45) is 0 Å². The van der Waals surface area contributed by atoms with Crippen LogP contribution in [0.1, 0.15) is 17.9 Å². The van der Waals surface area contributed by atoms with Gasteiger partial charge in [-0.05, 0) is 27.4 Å². The van der Waals surface area contributed by atoms with Gasteiger partial charge in [-0.15, -0.1) is 0 Å². The summed E-state index contributed by atoms with van der Waals surface area (Å²) in [7, 11) is 0.381. The van der Waals surface area contributed by atoms with Gasteiger partial charge in [0.15, 0.2) is 0 Å². The molecule has 1 aromatic heterocycles. The van der Waals surface area contributed by atoms with E-state index in [4.69, 9.17) is 9.52 Å². The van der Waals surface area contributed by atoms with Crippen molar-refractivity contribution in [3.05, 3.63) is 17.6 Å². The Hall–Kier alpha value is -0.890. The standard InChI is InChI=1S/C12H20N2O4S/c1-9-12(6-11(8-15)18-9)19(16,17)14-5-4-10(7-14)13(2)3/h6,10,15H,4-5,7-8H2,1-3H3. The summed E-state index contributed by atoms with van der Waals surface area (Å²) < 4.78 is 31.7. The molecule has 0 radical (unpaired) electrons. The second-order valence-electron chi connectivity index (χ2n) is 5.06. The molecular formula is C12H20N2O4S. The van der Waals surface area contributed by atoms with Crippen molar-refractivity contribution in [2.45, 2.75) is 30.9 Å². The minimum absolute atomic E-state index is 0.163. The second-order valence-corrected chi connectivity index (χ2v) is 6.97. The van der Waals surface area contributed by atoms with E-state index in [1.807, 2.05) is 19.0 Å². The summed E-state index contributed by atoms with van der Waals surface area (Å²) in [6.45, 7) is 2.32. The third kappa shape index (κ3) is 2.69. The summed E-state index contributed by atoms with van der Waals surface area (Å²) in [4.78, 5) is 2.20. The molecule has 1 unspecified atom stereocenters. The molecule has 0 bridgehead atoms. The number of hydrogen-bond donors (Lipinski definition) is 1. The quantitative estimate of drug-likeness (QED) is 0.868. The number of nitrogens with zero attached hydrogens (tertiary/aromatic N) is 2. The lowest BCUT2D eigenvalue weighted by Gasteiger charge is -2.20. The van der Waals surface area contributed by atoms with Gasteiger partial charge in [0.1, 0.15) is 23.0 Å². The van der Waals surface area contributed by atoms with Crippen LogP contribution in [-0.4, -0.2) is 56.0 Å².